The van der Waals surface area contributed by atoms with Crippen LogP contribution in [-0.2, 0) is 0 Å². The lowest BCUT2D eigenvalue weighted by atomic mass is 9.64. The summed E-state index contributed by atoms with van der Waals surface area (Å²) in [5.74, 6) is 1.62. The van der Waals surface area contributed by atoms with Gasteiger partial charge in [-0.05, 0) is 31.1 Å². The molecule has 0 aromatic carbocycles. The Balaban J connectivity index is 1.94. The van der Waals surface area contributed by atoms with Crippen molar-refractivity contribution in [3.05, 3.63) is 0 Å². The molecule has 0 saturated heterocycles. The van der Waals surface area contributed by atoms with E-state index in [1.165, 1.54) is 25.7 Å². The lowest BCUT2D eigenvalue weighted by Gasteiger charge is -2.45. The lowest BCUT2D eigenvalue weighted by Crippen LogP contribution is -2.42. The fourth-order valence-electron chi connectivity index (χ4n) is 2.32. The van der Waals surface area contributed by atoms with Gasteiger partial charge >= 0.3 is 0 Å². The van der Waals surface area contributed by atoms with Crippen molar-refractivity contribution in [2.75, 3.05) is 0 Å². The topological polar surface area (TPSA) is 20.2 Å². The Labute approximate surface area is 56.1 Å². The Kier molecular flexibility index (Phi) is 1.26. The summed E-state index contributed by atoms with van der Waals surface area (Å²) >= 11 is 0. The highest BCUT2D eigenvalue weighted by Gasteiger charge is 2.40. The SMILES string of the molecule is OC1CC2CCCCC12. The van der Waals surface area contributed by atoms with E-state index in [0.717, 1.165) is 12.3 Å². The first kappa shape index (κ1) is 5.72. The van der Waals surface area contributed by atoms with Crippen LogP contribution >= 0.6 is 0 Å². The zero-order chi connectivity index (χ0) is 6.27. The molecular weight excluding hydrogens is 112 g/mol. The second-order valence-electron chi connectivity index (χ2n) is 3.51. The molecule has 0 bridgehead atoms. The molecule has 9 heavy (non-hydrogen) atoms. The van der Waals surface area contributed by atoms with Crippen molar-refractivity contribution >= 4 is 0 Å². The summed E-state index contributed by atoms with van der Waals surface area (Å²) in [7, 11) is 0. The van der Waals surface area contributed by atoms with Gasteiger partial charge in [0.05, 0.1) is 6.10 Å². The molecule has 0 aromatic heterocycles. The Hall–Kier alpha value is -0.0400. The van der Waals surface area contributed by atoms with Gasteiger partial charge in [-0.1, -0.05) is 12.8 Å². The molecule has 0 aliphatic heterocycles. The molecule has 3 unspecified atom stereocenters. The molecule has 0 aromatic rings. The van der Waals surface area contributed by atoms with Gasteiger partial charge in [-0.3, -0.25) is 0 Å². The average molecular weight is 126 g/mol. The van der Waals surface area contributed by atoms with Gasteiger partial charge in [0, 0.05) is 0 Å². The van der Waals surface area contributed by atoms with E-state index in [9.17, 15) is 5.11 Å². The fourth-order valence-corrected chi connectivity index (χ4v) is 2.32. The number of aliphatic hydroxyl groups excluding tert-OH is 1. The van der Waals surface area contributed by atoms with E-state index in [1.54, 1.807) is 0 Å². The quantitative estimate of drug-likeness (QED) is 0.522. The molecule has 1 nitrogen and oxygen atoms in total. The van der Waals surface area contributed by atoms with Crippen LogP contribution in [0.1, 0.15) is 32.1 Å². The highest BCUT2D eigenvalue weighted by molar-refractivity contribution is 4.91. The monoisotopic (exact) mass is 126 g/mol. The molecule has 0 heterocycles. The minimum Gasteiger partial charge on any atom is -0.393 e. The van der Waals surface area contributed by atoms with Crippen molar-refractivity contribution < 1.29 is 5.11 Å². The first-order valence-corrected chi connectivity index (χ1v) is 4.06. The molecule has 2 saturated carbocycles. The standard InChI is InChI=1S/C8H14O/c9-8-5-6-3-1-2-4-7(6)8/h6-9H,1-5H2. The predicted octanol–water partition coefficient (Wildman–Crippen LogP) is 1.56. The molecule has 52 valence electrons. The summed E-state index contributed by atoms with van der Waals surface area (Å²) in [6.07, 6.45) is 6.64. The Morgan fingerprint density at radius 1 is 1.11 bits per heavy atom. The molecule has 2 rings (SSSR count). The summed E-state index contributed by atoms with van der Waals surface area (Å²) in [6, 6.07) is 0. The van der Waals surface area contributed by atoms with Gasteiger partial charge < -0.3 is 5.11 Å². The third-order valence-electron chi connectivity index (χ3n) is 3.01. The van der Waals surface area contributed by atoms with Crippen LogP contribution < -0.4 is 0 Å². The van der Waals surface area contributed by atoms with Gasteiger partial charge in [-0.2, -0.15) is 0 Å². The molecule has 1 N–H and O–H groups in total. The third kappa shape index (κ3) is 0.787. The third-order valence-corrected chi connectivity index (χ3v) is 3.01. The van der Waals surface area contributed by atoms with Gasteiger partial charge in [-0.15, -0.1) is 0 Å². The number of hydrogen-bond acceptors (Lipinski definition) is 1. The number of hydrogen-bond donors (Lipinski definition) is 1. The van der Waals surface area contributed by atoms with Crippen LogP contribution in [0, 0.1) is 11.8 Å². The highest BCUT2D eigenvalue weighted by atomic mass is 16.3. The zero-order valence-electron chi connectivity index (χ0n) is 5.71. The van der Waals surface area contributed by atoms with Gasteiger partial charge in [0.25, 0.3) is 0 Å². The van der Waals surface area contributed by atoms with Crippen LogP contribution in [0.3, 0.4) is 0 Å². The maximum absolute atomic E-state index is 9.24. The molecule has 2 aliphatic carbocycles. The van der Waals surface area contributed by atoms with E-state index in [0.29, 0.717) is 5.92 Å². The van der Waals surface area contributed by atoms with Crippen molar-refractivity contribution in [3.8, 4) is 0 Å². The molecule has 2 aliphatic rings. The average Bonchev–Trinajstić information content (AvgIpc) is 1.86. The van der Waals surface area contributed by atoms with Crippen molar-refractivity contribution in [2.45, 2.75) is 38.2 Å². The molecule has 0 spiro atoms. The van der Waals surface area contributed by atoms with E-state index in [2.05, 4.69) is 0 Å². The number of rotatable bonds is 0. The van der Waals surface area contributed by atoms with Gasteiger partial charge in [0.2, 0.25) is 0 Å². The predicted molar refractivity (Wildman–Crippen MR) is 36.1 cm³/mol. The largest absolute Gasteiger partial charge is 0.393 e. The van der Waals surface area contributed by atoms with Crippen LogP contribution in [0.25, 0.3) is 0 Å². The molecule has 2 fully saturated rings. The summed E-state index contributed by atoms with van der Waals surface area (Å²) in [5, 5.41) is 9.24. The second kappa shape index (κ2) is 1.98. The summed E-state index contributed by atoms with van der Waals surface area (Å²) in [4.78, 5) is 0. The van der Waals surface area contributed by atoms with Crippen molar-refractivity contribution in [1.29, 1.82) is 0 Å². The molecule has 1 heteroatoms. The van der Waals surface area contributed by atoms with Gasteiger partial charge in [0.15, 0.2) is 0 Å². The van der Waals surface area contributed by atoms with E-state index in [1.807, 2.05) is 0 Å². The van der Waals surface area contributed by atoms with E-state index >= 15 is 0 Å². The first-order valence-electron chi connectivity index (χ1n) is 4.06. The smallest absolute Gasteiger partial charge is 0.0573 e. The first-order chi connectivity index (χ1) is 4.38. The van der Waals surface area contributed by atoms with Crippen LogP contribution in [0.4, 0.5) is 0 Å². The normalized spacial score (nSPS) is 49.7. The zero-order valence-corrected chi connectivity index (χ0v) is 5.71. The Morgan fingerprint density at radius 2 is 1.89 bits per heavy atom. The van der Waals surface area contributed by atoms with Crippen molar-refractivity contribution in [2.24, 2.45) is 11.8 Å². The van der Waals surface area contributed by atoms with Crippen LogP contribution in [0.2, 0.25) is 0 Å². The number of fused-ring (bicyclic) bond motifs is 1. The van der Waals surface area contributed by atoms with Gasteiger partial charge in [-0.25, -0.2) is 0 Å². The minimum atomic E-state index is 0.0790. The van der Waals surface area contributed by atoms with E-state index in [4.69, 9.17) is 0 Å². The minimum absolute atomic E-state index is 0.0790. The molecule has 0 amide bonds. The van der Waals surface area contributed by atoms with Crippen LogP contribution in [0.5, 0.6) is 0 Å². The second-order valence-corrected chi connectivity index (χ2v) is 3.51. The van der Waals surface area contributed by atoms with Crippen molar-refractivity contribution in [3.63, 3.8) is 0 Å². The molecule has 0 radical (unpaired) electrons. The van der Waals surface area contributed by atoms with Crippen LogP contribution in [0.15, 0.2) is 0 Å². The highest BCUT2D eigenvalue weighted by Crippen LogP contribution is 2.44. The number of aliphatic hydroxyl groups is 1. The maximum atomic E-state index is 9.24. The Morgan fingerprint density at radius 3 is 2.44 bits per heavy atom. The summed E-state index contributed by atoms with van der Waals surface area (Å²) in [5.41, 5.74) is 0. The maximum Gasteiger partial charge on any atom is 0.0573 e. The van der Waals surface area contributed by atoms with E-state index < -0.39 is 0 Å². The van der Waals surface area contributed by atoms with E-state index in [-0.39, 0.29) is 6.10 Å². The van der Waals surface area contributed by atoms with Gasteiger partial charge in [0.1, 0.15) is 0 Å². The Bertz CT molecular complexity index is 109. The summed E-state index contributed by atoms with van der Waals surface area (Å²) in [6.45, 7) is 0. The summed E-state index contributed by atoms with van der Waals surface area (Å²) < 4.78 is 0. The molecule has 3 atom stereocenters. The lowest BCUT2D eigenvalue weighted by molar-refractivity contribution is -0.0556. The molecular formula is C8H14O. The van der Waals surface area contributed by atoms with Crippen LogP contribution in [-0.4, -0.2) is 11.2 Å². The van der Waals surface area contributed by atoms with Crippen molar-refractivity contribution in [1.82, 2.24) is 0 Å². The fraction of sp³-hybridized carbons (Fsp3) is 1.00.